The van der Waals surface area contributed by atoms with Crippen molar-refractivity contribution in [3.05, 3.63) is 69.7 Å². The van der Waals surface area contributed by atoms with Crippen molar-refractivity contribution in [1.29, 1.82) is 0 Å². The van der Waals surface area contributed by atoms with Gasteiger partial charge in [0.2, 0.25) is 11.8 Å². The highest BCUT2D eigenvalue weighted by molar-refractivity contribution is 7.99. The summed E-state index contributed by atoms with van der Waals surface area (Å²) in [7, 11) is 0. The molecule has 0 aromatic heterocycles. The van der Waals surface area contributed by atoms with E-state index in [-0.39, 0.29) is 23.6 Å². The lowest BCUT2D eigenvalue weighted by molar-refractivity contribution is -0.138. The first-order valence-corrected chi connectivity index (χ1v) is 11.9. The molecule has 0 bridgehead atoms. The van der Waals surface area contributed by atoms with Crippen molar-refractivity contribution < 1.29 is 9.59 Å². The van der Waals surface area contributed by atoms with E-state index >= 15 is 0 Å². The molecule has 2 atom stereocenters. The predicted molar refractivity (Wildman–Crippen MR) is 127 cm³/mol. The molecular formula is C23H28Cl2N2O2S. The first-order valence-electron chi connectivity index (χ1n) is 9.97. The van der Waals surface area contributed by atoms with Crippen LogP contribution in [-0.2, 0) is 21.9 Å². The third-order valence-electron chi connectivity index (χ3n) is 4.86. The molecule has 0 aliphatic carbocycles. The summed E-state index contributed by atoms with van der Waals surface area (Å²) in [5.41, 5.74) is 1.91. The number of hydrogen-bond acceptors (Lipinski definition) is 3. The van der Waals surface area contributed by atoms with Crippen LogP contribution in [0.1, 0.15) is 38.3 Å². The quantitative estimate of drug-likeness (QED) is 0.498. The third-order valence-corrected chi connectivity index (χ3v) is 6.42. The van der Waals surface area contributed by atoms with E-state index in [0.717, 1.165) is 17.5 Å². The summed E-state index contributed by atoms with van der Waals surface area (Å²) in [4.78, 5) is 27.4. The first kappa shape index (κ1) is 24.6. The average Bonchev–Trinajstić information content (AvgIpc) is 2.73. The van der Waals surface area contributed by atoms with Gasteiger partial charge in [-0.1, -0.05) is 66.5 Å². The highest BCUT2D eigenvalue weighted by atomic mass is 35.5. The van der Waals surface area contributed by atoms with Crippen molar-refractivity contribution in [3.63, 3.8) is 0 Å². The number of carbonyl (C=O) groups excluding carboxylic acids is 2. The van der Waals surface area contributed by atoms with Gasteiger partial charge in [-0.05, 0) is 43.5 Å². The second-order valence-electron chi connectivity index (χ2n) is 7.23. The van der Waals surface area contributed by atoms with Crippen LogP contribution >= 0.6 is 35.0 Å². The smallest absolute Gasteiger partial charge is 0.242 e. The Bertz CT molecular complexity index is 848. The molecule has 0 fully saturated rings. The summed E-state index contributed by atoms with van der Waals surface area (Å²) in [5.74, 6) is 0.626. The molecule has 1 N–H and O–H groups in total. The van der Waals surface area contributed by atoms with Gasteiger partial charge in [0.25, 0.3) is 0 Å². The number of halogens is 2. The Hall–Kier alpha value is -1.69. The van der Waals surface area contributed by atoms with E-state index in [0.29, 0.717) is 22.3 Å². The number of nitrogens with one attached hydrogen (secondary N) is 1. The summed E-state index contributed by atoms with van der Waals surface area (Å²) < 4.78 is 0. The average molecular weight is 467 g/mol. The molecule has 162 valence electrons. The molecular weight excluding hydrogens is 439 g/mol. The Morgan fingerprint density at radius 3 is 2.43 bits per heavy atom. The third kappa shape index (κ3) is 7.53. The monoisotopic (exact) mass is 466 g/mol. The SMILES string of the molecule is CC[C@@H](C)NC(=O)[C@@H](C)N(Cc1ccccc1)C(=O)CSCc1ccc(Cl)cc1Cl. The number of benzene rings is 2. The minimum atomic E-state index is -0.563. The van der Waals surface area contributed by atoms with Gasteiger partial charge in [0.15, 0.2) is 0 Å². The molecule has 0 saturated heterocycles. The van der Waals surface area contributed by atoms with Crippen molar-refractivity contribution in [3.8, 4) is 0 Å². The Morgan fingerprint density at radius 2 is 1.80 bits per heavy atom. The number of amides is 2. The van der Waals surface area contributed by atoms with Crippen LogP contribution in [0, 0.1) is 0 Å². The van der Waals surface area contributed by atoms with Crippen LogP contribution in [0.25, 0.3) is 0 Å². The molecule has 0 saturated carbocycles. The molecule has 0 unspecified atom stereocenters. The largest absolute Gasteiger partial charge is 0.352 e. The maximum absolute atomic E-state index is 13.0. The van der Waals surface area contributed by atoms with Gasteiger partial charge >= 0.3 is 0 Å². The van der Waals surface area contributed by atoms with Gasteiger partial charge in [-0.3, -0.25) is 9.59 Å². The van der Waals surface area contributed by atoms with Crippen LogP contribution in [0.15, 0.2) is 48.5 Å². The molecule has 0 aliphatic rings. The van der Waals surface area contributed by atoms with Gasteiger partial charge in [0.1, 0.15) is 6.04 Å². The topological polar surface area (TPSA) is 49.4 Å². The lowest BCUT2D eigenvalue weighted by atomic mass is 10.1. The summed E-state index contributed by atoms with van der Waals surface area (Å²) in [6.07, 6.45) is 0.836. The summed E-state index contributed by atoms with van der Waals surface area (Å²) in [6, 6.07) is 14.6. The van der Waals surface area contributed by atoms with E-state index in [9.17, 15) is 9.59 Å². The van der Waals surface area contributed by atoms with Crippen molar-refractivity contribution in [2.24, 2.45) is 0 Å². The van der Waals surface area contributed by atoms with Crippen molar-refractivity contribution in [2.75, 3.05) is 5.75 Å². The predicted octanol–water partition coefficient (Wildman–Crippen LogP) is 5.56. The van der Waals surface area contributed by atoms with Gasteiger partial charge < -0.3 is 10.2 Å². The van der Waals surface area contributed by atoms with Crippen molar-refractivity contribution >= 4 is 46.8 Å². The zero-order valence-electron chi connectivity index (χ0n) is 17.5. The lowest BCUT2D eigenvalue weighted by Gasteiger charge is -2.29. The Morgan fingerprint density at radius 1 is 1.10 bits per heavy atom. The summed E-state index contributed by atoms with van der Waals surface area (Å²) >= 11 is 13.6. The van der Waals surface area contributed by atoms with Gasteiger partial charge in [0, 0.05) is 28.4 Å². The first-order chi connectivity index (χ1) is 14.3. The van der Waals surface area contributed by atoms with Crippen molar-refractivity contribution in [2.45, 2.75) is 51.6 Å². The minimum absolute atomic E-state index is 0.0649. The fraction of sp³-hybridized carbons (Fsp3) is 0.391. The van der Waals surface area contributed by atoms with Crippen LogP contribution in [0.3, 0.4) is 0 Å². The standard InChI is InChI=1S/C23H28Cl2N2O2S/c1-4-16(2)26-23(29)17(3)27(13-18-8-6-5-7-9-18)22(28)15-30-14-19-10-11-20(24)12-21(19)25/h5-12,16-17H,4,13-15H2,1-3H3,(H,26,29)/t16-,17-/m1/s1. The van der Waals surface area contributed by atoms with Gasteiger partial charge in [-0.2, -0.15) is 0 Å². The maximum atomic E-state index is 13.0. The lowest BCUT2D eigenvalue weighted by Crippen LogP contribution is -2.50. The summed E-state index contributed by atoms with van der Waals surface area (Å²) in [5, 5.41) is 4.15. The minimum Gasteiger partial charge on any atom is -0.352 e. The van der Waals surface area contributed by atoms with Crippen molar-refractivity contribution in [1.82, 2.24) is 10.2 Å². The Labute approximate surface area is 193 Å². The molecule has 2 aromatic carbocycles. The molecule has 7 heteroatoms. The highest BCUT2D eigenvalue weighted by Crippen LogP contribution is 2.25. The number of hydrogen-bond donors (Lipinski definition) is 1. The van der Waals surface area contributed by atoms with Gasteiger partial charge in [-0.25, -0.2) is 0 Å². The highest BCUT2D eigenvalue weighted by Gasteiger charge is 2.26. The van der Waals surface area contributed by atoms with E-state index in [4.69, 9.17) is 23.2 Å². The Balaban J connectivity index is 2.06. The second kappa shape index (κ2) is 12.2. The molecule has 4 nitrogen and oxygen atoms in total. The number of carbonyl (C=O) groups is 2. The van der Waals surface area contributed by atoms with E-state index in [1.165, 1.54) is 11.8 Å². The fourth-order valence-corrected chi connectivity index (χ4v) is 4.27. The number of nitrogens with zero attached hydrogens (tertiary/aromatic N) is 1. The van der Waals surface area contributed by atoms with Crippen LogP contribution in [-0.4, -0.2) is 34.6 Å². The van der Waals surface area contributed by atoms with E-state index in [1.54, 1.807) is 24.0 Å². The molecule has 2 amide bonds. The maximum Gasteiger partial charge on any atom is 0.242 e. The van der Waals surface area contributed by atoms with Crippen LogP contribution < -0.4 is 5.32 Å². The fourth-order valence-electron chi connectivity index (χ4n) is 2.80. The second-order valence-corrected chi connectivity index (χ2v) is 9.06. The van der Waals surface area contributed by atoms with E-state index < -0.39 is 6.04 Å². The molecule has 30 heavy (non-hydrogen) atoms. The normalized spacial score (nSPS) is 12.8. The van der Waals surface area contributed by atoms with Gasteiger partial charge in [0.05, 0.1) is 5.75 Å². The summed E-state index contributed by atoms with van der Waals surface area (Å²) in [6.45, 7) is 6.14. The van der Waals surface area contributed by atoms with Crippen LogP contribution in [0.5, 0.6) is 0 Å². The zero-order chi connectivity index (χ0) is 22.1. The van der Waals surface area contributed by atoms with Gasteiger partial charge in [-0.15, -0.1) is 11.8 Å². The number of rotatable bonds is 10. The molecule has 2 aromatic rings. The van der Waals surface area contributed by atoms with E-state index in [1.807, 2.05) is 50.2 Å². The van der Waals surface area contributed by atoms with Crippen LogP contribution in [0.4, 0.5) is 0 Å². The zero-order valence-corrected chi connectivity index (χ0v) is 19.9. The van der Waals surface area contributed by atoms with E-state index in [2.05, 4.69) is 5.32 Å². The van der Waals surface area contributed by atoms with Crippen LogP contribution in [0.2, 0.25) is 10.0 Å². The molecule has 0 aliphatic heterocycles. The molecule has 0 spiro atoms. The molecule has 0 radical (unpaired) electrons. The molecule has 2 rings (SSSR count). The molecule has 0 heterocycles. The number of thioether (sulfide) groups is 1. The Kier molecular flexibility index (Phi) is 10.0.